The molecule has 0 aromatic heterocycles. The lowest BCUT2D eigenvalue weighted by Crippen LogP contribution is -2.47. The van der Waals surface area contributed by atoms with Crippen molar-refractivity contribution in [1.29, 1.82) is 0 Å². The van der Waals surface area contributed by atoms with Gasteiger partial charge in [0.1, 0.15) is 0 Å². The minimum atomic E-state index is -0.252. The monoisotopic (exact) mass is 290 g/mol. The summed E-state index contributed by atoms with van der Waals surface area (Å²) in [5, 5.41) is 0. The largest absolute Gasteiger partial charge is 0.368 e. The van der Waals surface area contributed by atoms with Crippen LogP contribution in [0.1, 0.15) is 38.8 Å². The summed E-state index contributed by atoms with van der Waals surface area (Å²) in [6.45, 7) is 12.5. The molecule has 0 aliphatic carbocycles. The molecule has 1 aliphatic heterocycles. The maximum atomic E-state index is 6.45. The summed E-state index contributed by atoms with van der Waals surface area (Å²) in [5.41, 5.74) is 8.68. The topological polar surface area (TPSA) is 38.5 Å². The molecule has 0 saturated carbocycles. The number of rotatable bonds is 4. The van der Waals surface area contributed by atoms with Crippen LogP contribution in [0, 0.1) is 12.8 Å². The first-order chi connectivity index (χ1) is 9.62. The molecule has 3 nitrogen and oxygen atoms in total. The van der Waals surface area contributed by atoms with Crippen LogP contribution in [-0.2, 0) is 11.3 Å². The second-order valence-corrected chi connectivity index (χ2v) is 7.63. The van der Waals surface area contributed by atoms with Gasteiger partial charge < -0.3 is 15.4 Å². The smallest absolute Gasteiger partial charge is 0.0788 e. The van der Waals surface area contributed by atoms with Crippen LogP contribution in [0.5, 0.6) is 0 Å². The lowest BCUT2D eigenvalue weighted by molar-refractivity contribution is -0.0782. The van der Waals surface area contributed by atoms with Gasteiger partial charge in [-0.25, -0.2) is 0 Å². The number of nitrogens with two attached hydrogens (primary N) is 1. The first-order valence-corrected chi connectivity index (χ1v) is 7.82. The molecule has 2 N–H and O–H groups in total. The van der Waals surface area contributed by atoms with Crippen LogP contribution < -0.4 is 5.73 Å². The Morgan fingerprint density at radius 1 is 1.19 bits per heavy atom. The molecular weight excluding hydrogens is 260 g/mol. The van der Waals surface area contributed by atoms with Crippen molar-refractivity contribution >= 4 is 0 Å². The van der Waals surface area contributed by atoms with Crippen LogP contribution in [0.15, 0.2) is 24.3 Å². The van der Waals surface area contributed by atoms with Gasteiger partial charge in [0, 0.05) is 25.0 Å². The number of benzene rings is 1. The number of aryl methyl sites for hydroxylation is 1. The number of hydrogen-bond acceptors (Lipinski definition) is 3. The van der Waals surface area contributed by atoms with E-state index in [9.17, 15) is 0 Å². The van der Waals surface area contributed by atoms with Gasteiger partial charge in [-0.05, 0) is 47.2 Å². The summed E-state index contributed by atoms with van der Waals surface area (Å²) in [6, 6.07) is 8.75. The number of nitrogens with zero attached hydrogens (tertiary/aromatic N) is 1. The molecule has 3 heteroatoms. The summed E-state index contributed by atoms with van der Waals surface area (Å²) in [5.74, 6) is 0.335. The molecule has 0 amide bonds. The molecule has 2 rings (SSSR count). The predicted molar refractivity (Wildman–Crippen MR) is 88.2 cm³/mol. The molecule has 1 aromatic carbocycles. The van der Waals surface area contributed by atoms with Gasteiger partial charge in [0.05, 0.1) is 11.2 Å². The minimum Gasteiger partial charge on any atom is -0.368 e. The molecule has 0 bridgehead atoms. The van der Waals surface area contributed by atoms with Gasteiger partial charge in [0.2, 0.25) is 0 Å². The average molecular weight is 290 g/mol. The standard InChI is InChI=1S/C18H30N2O/c1-13-8-7-9-14(10-13)11-20(6)12-15-16(19)18(4,5)21-17(15,2)3/h7-10,15-16H,11-12,19H2,1-6H3. The molecule has 2 unspecified atom stereocenters. The Hall–Kier alpha value is -0.900. The van der Waals surface area contributed by atoms with E-state index in [2.05, 4.69) is 70.8 Å². The van der Waals surface area contributed by atoms with Crippen molar-refractivity contribution in [2.75, 3.05) is 13.6 Å². The van der Waals surface area contributed by atoms with Crippen molar-refractivity contribution in [3.8, 4) is 0 Å². The fourth-order valence-corrected chi connectivity index (χ4v) is 3.59. The summed E-state index contributed by atoms with van der Waals surface area (Å²) in [4.78, 5) is 2.35. The van der Waals surface area contributed by atoms with Gasteiger partial charge >= 0.3 is 0 Å². The van der Waals surface area contributed by atoms with E-state index in [1.165, 1.54) is 11.1 Å². The van der Waals surface area contributed by atoms with E-state index in [4.69, 9.17) is 10.5 Å². The van der Waals surface area contributed by atoms with Crippen molar-refractivity contribution in [2.24, 2.45) is 11.7 Å². The van der Waals surface area contributed by atoms with Crippen molar-refractivity contribution in [2.45, 2.75) is 58.4 Å². The highest BCUT2D eigenvalue weighted by molar-refractivity contribution is 5.22. The number of ether oxygens (including phenoxy) is 1. The van der Waals surface area contributed by atoms with Gasteiger partial charge in [-0.15, -0.1) is 0 Å². The third-order valence-corrected chi connectivity index (χ3v) is 4.70. The van der Waals surface area contributed by atoms with E-state index >= 15 is 0 Å². The normalized spacial score (nSPS) is 27.2. The molecular formula is C18H30N2O. The molecule has 2 atom stereocenters. The van der Waals surface area contributed by atoms with E-state index in [0.717, 1.165) is 13.1 Å². The molecule has 0 radical (unpaired) electrons. The Morgan fingerprint density at radius 2 is 1.86 bits per heavy atom. The van der Waals surface area contributed by atoms with Crippen molar-refractivity contribution in [3.05, 3.63) is 35.4 Å². The molecule has 1 saturated heterocycles. The first kappa shape index (κ1) is 16.5. The van der Waals surface area contributed by atoms with E-state index < -0.39 is 0 Å². The van der Waals surface area contributed by atoms with Crippen molar-refractivity contribution in [3.63, 3.8) is 0 Å². The summed E-state index contributed by atoms with van der Waals surface area (Å²) >= 11 is 0. The molecule has 21 heavy (non-hydrogen) atoms. The Balaban J connectivity index is 2.04. The lowest BCUT2D eigenvalue weighted by atomic mass is 9.83. The summed E-state index contributed by atoms with van der Waals surface area (Å²) < 4.78 is 6.18. The van der Waals surface area contributed by atoms with Crippen LogP contribution in [0.4, 0.5) is 0 Å². The van der Waals surface area contributed by atoms with Crippen LogP contribution in [-0.4, -0.2) is 35.7 Å². The summed E-state index contributed by atoms with van der Waals surface area (Å²) in [6.07, 6.45) is 0. The fourth-order valence-electron chi connectivity index (χ4n) is 3.59. The van der Waals surface area contributed by atoms with Gasteiger partial charge in [-0.3, -0.25) is 0 Å². The average Bonchev–Trinajstić information content (AvgIpc) is 2.47. The predicted octanol–water partition coefficient (Wildman–Crippen LogP) is 2.96. The molecule has 1 aromatic rings. The highest BCUT2D eigenvalue weighted by Gasteiger charge is 2.52. The second-order valence-electron chi connectivity index (χ2n) is 7.63. The van der Waals surface area contributed by atoms with Crippen LogP contribution >= 0.6 is 0 Å². The third-order valence-electron chi connectivity index (χ3n) is 4.70. The molecule has 1 fully saturated rings. The summed E-state index contributed by atoms with van der Waals surface area (Å²) in [7, 11) is 2.16. The van der Waals surface area contributed by atoms with Crippen LogP contribution in [0.3, 0.4) is 0 Å². The van der Waals surface area contributed by atoms with Crippen LogP contribution in [0.25, 0.3) is 0 Å². The zero-order valence-electron chi connectivity index (χ0n) is 14.3. The van der Waals surface area contributed by atoms with Gasteiger partial charge in [0.15, 0.2) is 0 Å². The zero-order chi connectivity index (χ0) is 15.8. The maximum Gasteiger partial charge on any atom is 0.0788 e. The van der Waals surface area contributed by atoms with E-state index in [1.807, 2.05) is 0 Å². The Labute approximate surface area is 129 Å². The highest BCUT2D eigenvalue weighted by atomic mass is 16.5. The Kier molecular flexibility index (Phi) is 4.48. The SMILES string of the molecule is Cc1cccc(CN(C)CC2C(N)C(C)(C)OC2(C)C)c1. The van der Waals surface area contributed by atoms with Crippen LogP contribution in [0.2, 0.25) is 0 Å². The maximum absolute atomic E-state index is 6.45. The fraction of sp³-hybridized carbons (Fsp3) is 0.667. The van der Waals surface area contributed by atoms with E-state index in [1.54, 1.807) is 0 Å². The highest BCUT2D eigenvalue weighted by Crippen LogP contribution is 2.41. The first-order valence-electron chi connectivity index (χ1n) is 7.82. The van der Waals surface area contributed by atoms with Gasteiger partial charge in [-0.1, -0.05) is 29.8 Å². The minimum absolute atomic E-state index is 0.0625. The Bertz CT molecular complexity index is 496. The zero-order valence-corrected chi connectivity index (χ0v) is 14.3. The quantitative estimate of drug-likeness (QED) is 0.926. The molecule has 0 spiro atoms. The van der Waals surface area contributed by atoms with E-state index in [-0.39, 0.29) is 17.2 Å². The number of hydrogen-bond donors (Lipinski definition) is 1. The van der Waals surface area contributed by atoms with Gasteiger partial charge in [-0.2, -0.15) is 0 Å². The van der Waals surface area contributed by atoms with Crippen molar-refractivity contribution in [1.82, 2.24) is 4.90 Å². The van der Waals surface area contributed by atoms with E-state index in [0.29, 0.717) is 5.92 Å². The molecule has 1 aliphatic rings. The second kappa shape index (κ2) is 5.71. The molecule has 118 valence electrons. The van der Waals surface area contributed by atoms with Crippen molar-refractivity contribution < 1.29 is 4.74 Å². The molecule has 1 heterocycles. The third kappa shape index (κ3) is 3.65. The lowest BCUT2D eigenvalue weighted by Gasteiger charge is -2.31. The Morgan fingerprint density at radius 3 is 2.38 bits per heavy atom. The van der Waals surface area contributed by atoms with Gasteiger partial charge in [0.25, 0.3) is 0 Å².